The molecule has 0 fully saturated rings. The summed E-state index contributed by atoms with van der Waals surface area (Å²) < 4.78 is 44.3. The molecule has 1 amide bonds. The fourth-order valence-corrected chi connectivity index (χ4v) is 4.17. The molecule has 0 spiro atoms. The van der Waals surface area contributed by atoms with E-state index < -0.39 is 17.8 Å². The number of carbonyl (C=O) groups excluding carboxylic acids is 1. The minimum absolute atomic E-state index is 0.0272. The zero-order chi connectivity index (χ0) is 24.7. The van der Waals surface area contributed by atoms with Crippen LogP contribution in [0.1, 0.15) is 38.4 Å². The van der Waals surface area contributed by atoms with Crippen LogP contribution in [0.4, 0.5) is 24.7 Å². The number of hydrogen-bond acceptors (Lipinski definition) is 6. The van der Waals surface area contributed by atoms with Crippen LogP contribution >= 0.6 is 0 Å². The van der Waals surface area contributed by atoms with Crippen molar-refractivity contribution in [3.8, 4) is 0 Å². The third kappa shape index (κ3) is 4.28. The highest BCUT2D eigenvalue weighted by atomic mass is 19.4. The van der Waals surface area contributed by atoms with Crippen molar-refractivity contribution in [1.82, 2.24) is 15.0 Å². The summed E-state index contributed by atoms with van der Waals surface area (Å²) in [6, 6.07) is 11.0. The van der Waals surface area contributed by atoms with E-state index in [1.54, 1.807) is 25.3 Å². The van der Waals surface area contributed by atoms with E-state index in [9.17, 15) is 18.0 Å². The lowest BCUT2D eigenvalue weighted by molar-refractivity contribution is -0.141. The average Bonchev–Trinajstić information content (AvgIpc) is 3.33. The van der Waals surface area contributed by atoms with Crippen LogP contribution in [0.15, 0.2) is 54.9 Å². The second-order valence-corrected chi connectivity index (χ2v) is 8.23. The van der Waals surface area contributed by atoms with Gasteiger partial charge >= 0.3 is 6.18 Å². The molecule has 0 atom stereocenters. The molecule has 0 aliphatic carbocycles. The van der Waals surface area contributed by atoms with Crippen molar-refractivity contribution >= 4 is 28.3 Å². The SMILES string of the molecule is Cc1ncccc1N(Cc1ccc2c3c(c(N)nc2c1)COC3)C(=O)c1ccc(C(F)(F)F)nc1. The van der Waals surface area contributed by atoms with E-state index in [0.29, 0.717) is 35.9 Å². The number of aryl methyl sites for hydroxylation is 1. The monoisotopic (exact) mass is 479 g/mol. The van der Waals surface area contributed by atoms with Crippen LogP contribution in [0.5, 0.6) is 0 Å². The fourth-order valence-electron chi connectivity index (χ4n) is 4.17. The van der Waals surface area contributed by atoms with Gasteiger partial charge in [-0.15, -0.1) is 0 Å². The van der Waals surface area contributed by atoms with Crippen LogP contribution in [-0.4, -0.2) is 20.9 Å². The summed E-state index contributed by atoms with van der Waals surface area (Å²) in [5.74, 6) is -0.0914. The van der Waals surface area contributed by atoms with Gasteiger partial charge in [0.2, 0.25) is 0 Å². The summed E-state index contributed by atoms with van der Waals surface area (Å²) in [6.07, 6.45) is -2.05. The molecule has 1 aliphatic heterocycles. The van der Waals surface area contributed by atoms with Crippen molar-refractivity contribution in [2.75, 3.05) is 10.6 Å². The zero-order valence-corrected chi connectivity index (χ0v) is 18.6. The molecule has 0 bridgehead atoms. The van der Waals surface area contributed by atoms with Crippen molar-refractivity contribution < 1.29 is 22.7 Å². The lowest BCUT2D eigenvalue weighted by atomic mass is 10.0. The van der Waals surface area contributed by atoms with Gasteiger partial charge in [0, 0.05) is 23.3 Å². The summed E-state index contributed by atoms with van der Waals surface area (Å²) in [5, 5.41) is 0.929. The lowest BCUT2D eigenvalue weighted by Crippen LogP contribution is -2.31. The van der Waals surface area contributed by atoms with Gasteiger partial charge < -0.3 is 15.4 Å². The second-order valence-electron chi connectivity index (χ2n) is 8.23. The van der Waals surface area contributed by atoms with Gasteiger partial charge in [0.1, 0.15) is 11.5 Å². The van der Waals surface area contributed by atoms with Crippen molar-refractivity contribution in [1.29, 1.82) is 0 Å². The molecule has 4 heterocycles. The number of nitrogen functional groups attached to an aromatic ring is 1. The number of fused-ring (bicyclic) bond motifs is 3. The first-order valence-corrected chi connectivity index (χ1v) is 10.8. The molecule has 2 N–H and O–H groups in total. The van der Waals surface area contributed by atoms with Crippen LogP contribution in [0.25, 0.3) is 10.9 Å². The molecule has 0 saturated carbocycles. The number of amides is 1. The van der Waals surface area contributed by atoms with Gasteiger partial charge in [0.05, 0.1) is 42.2 Å². The summed E-state index contributed by atoms with van der Waals surface area (Å²) >= 11 is 0. The minimum Gasteiger partial charge on any atom is -0.383 e. The standard InChI is InChI=1S/C25H20F3N5O2/c1-14-21(3-2-8-30-14)33(24(34)16-5-7-22(31-10-16)25(26,27)28)11-15-4-6-17-18-12-35-13-19(18)23(29)32-20(17)9-15/h2-10H,11-13H2,1H3,(H2,29,32). The first kappa shape index (κ1) is 22.7. The maximum absolute atomic E-state index is 13.5. The molecule has 35 heavy (non-hydrogen) atoms. The Hall–Kier alpha value is -4.05. The zero-order valence-electron chi connectivity index (χ0n) is 18.6. The van der Waals surface area contributed by atoms with Crippen molar-refractivity contribution in [3.63, 3.8) is 0 Å². The summed E-state index contributed by atoms with van der Waals surface area (Å²) in [6.45, 7) is 2.78. The smallest absolute Gasteiger partial charge is 0.383 e. The van der Waals surface area contributed by atoms with E-state index in [1.807, 2.05) is 18.2 Å². The number of pyridine rings is 3. The molecule has 0 radical (unpaired) electrons. The second kappa shape index (κ2) is 8.62. The number of hydrogen-bond donors (Lipinski definition) is 1. The predicted molar refractivity (Wildman–Crippen MR) is 123 cm³/mol. The molecule has 0 unspecified atom stereocenters. The first-order chi connectivity index (χ1) is 16.7. The normalized spacial score (nSPS) is 13.1. The van der Waals surface area contributed by atoms with Crippen molar-refractivity contribution in [2.45, 2.75) is 32.9 Å². The molecule has 7 nitrogen and oxygen atoms in total. The number of nitrogens with two attached hydrogens (primary N) is 1. The fraction of sp³-hybridized carbons (Fsp3) is 0.200. The largest absolute Gasteiger partial charge is 0.433 e. The third-order valence-electron chi connectivity index (χ3n) is 5.95. The van der Waals surface area contributed by atoms with E-state index >= 15 is 0 Å². The van der Waals surface area contributed by atoms with Gasteiger partial charge in [-0.1, -0.05) is 12.1 Å². The molecule has 5 rings (SSSR count). The number of benzene rings is 1. The summed E-state index contributed by atoms with van der Waals surface area (Å²) in [5.41, 5.74) is 9.55. The van der Waals surface area contributed by atoms with Gasteiger partial charge in [0.25, 0.3) is 5.91 Å². The number of alkyl halides is 3. The highest BCUT2D eigenvalue weighted by molar-refractivity contribution is 6.06. The molecule has 1 aliphatic rings. The quantitative estimate of drug-likeness (QED) is 0.451. The number of rotatable bonds is 4. The number of anilines is 2. The first-order valence-electron chi connectivity index (χ1n) is 10.8. The summed E-state index contributed by atoms with van der Waals surface area (Å²) in [7, 11) is 0. The van der Waals surface area contributed by atoms with E-state index in [-0.39, 0.29) is 12.1 Å². The Balaban J connectivity index is 1.53. The highest BCUT2D eigenvalue weighted by Gasteiger charge is 2.32. The molecule has 4 aromatic rings. The Morgan fingerprint density at radius 2 is 1.91 bits per heavy atom. The maximum atomic E-state index is 13.5. The Labute approximate surface area is 198 Å². The van der Waals surface area contributed by atoms with Gasteiger partial charge in [-0.05, 0) is 48.4 Å². The molecule has 0 saturated heterocycles. The highest BCUT2D eigenvalue weighted by Crippen LogP contribution is 2.32. The van der Waals surface area contributed by atoms with Crippen molar-refractivity contribution in [2.24, 2.45) is 0 Å². The lowest BCUT2D eigenvalue weighted by Gasteiger charge is -2.24. The topological polar surface area (TPSA) is 94.2 Å². The Kier molecular flexibility index (Phi) is 5.60. The minimum atomic E-state index is -4.59. The van der Waals surface area contributed by atoms with Crippen LogP contribution in [0, 0.1) is 6.92 Å². The van der Waals surface area contributed by atoms with Crippen molar-refractivity contribution in [3.05, 3.63) is 88.5 Å². The Morgan fingerprint density at radius 3 is 2.63 bits per heavy atom. The van der Waals surface area contributed by atoms with Crippen LogP contribution < -0.4 is 10.6 Å². The molecule has 1 aromatic carbocycles. The Bertz CT molecular complexity index is 1440. The molecule has 3 aromatic heterocycles. The molecular formula is C25H20F3N5O2. The number of ether oxygens (including phenoxy) is 1. The number of carbonyl (C=O) groups is 1. The number of halogens is 3. The van der Waals surface area contributed by atoms with Crippen LogP contribution in [0.3, 0.4) is 0 Å². The number of nitrogens with zero attached hydrogens (tertiary/aromatic N) is 4. The number of aromatic nitrogens is 3. The van der Waals surface area contributed by atoms with Crippen LogP contribution in [0.2, 0.25) is 0 Å². The van der Waals surface area contributed by atoms with Gasteiger partial charge in [0.15, 0.2) is 0 Å². The average molecular weight is 479 g/mol. The van der Waals surface area contributed by atoms with Crippen LogP contribution in [-0.2, 0) is 30.7 Å². The van der Waals surface area contributed by atoms with E-state index in [1.165, 1.54) is 4.90 Å². The predicted octanol–water partition coefficient (Wildman–Crippen LogP) is 4.81. The van der Waals surface area contributed by atoms with E-state index in [0.717, 1.165) is 40.4 Å². The molecular weight excluding hydrogens is 459 g/mol. The summed E-state index contributed by atoms with van der Waals surface area (Å²) in [4.78, 5) is 27.1. The maximum Gasteiger partial charge on any atom is 0.433 e. The van der Waals surface area contributed by atoms with Gasteiger partial charge in [-0.2, -0.15) is 13.2 Å². The van der Waals surface area contributed by atoms with E-state index in [4.69, 9.17) is 10.5 Å². The van der Waals surface area contributed by atoms with Gasteiger partial charge in [-0.25, -0.2) is 4.98 Å². The van der Waals surface area contributed by atoms with Gasteiger partial charge in [-0.3, -0.25) is 14.8 Å². The van der Waals surface area contributed by atoms with E-state index in [2.05, 4.69) is 15.0 Å². The molecule has 178 valence electrons. The molecule has 10 heteroatoms. The third-order valence-corrected chi connectivity index (χ3v) is 5.95. The Morgan fingerprint density at radius 1 is 1.11 bits per heavy atom.